The lowest BCUT2D eigenvalue weighted by atomic mass is 9.95. The summed E-state index contributed by atoms with van der Waals surface area (Å²) in [7, 11) is 0. The van der Waals surface area contributed by atoms with Crippen LogP contribution in [0.3, 0.4) is 0 Å². The topological polar surface area (TPSA) is 119 Å². The summed E-state index contributed by atoms with van der Waals surface area (Å²) in [5.74, 6) is -1.15. The van der Waals surface area contributed by atoms with Crippen LogP contribution in [0.15, 0.2) is 36.4 Å². The Hall–Kier alpha value is -3.27. The molecule has 2 aromatic rings. The van der Waals surface area contributed by atoms with Crippen LogP contribution in [0.4, 0.5) is 27.1 Å². The van der Waals surface area contributed by atoms with Crippen molar-refractivity contribution in [1.29, 1.82) is 0 Å². The highest BCUT2D eigenvalue weighted by Gasteiger charge is 2.29. The maximum atomic E-state index is 13.2. The molecule has 3 rings (SSSR count). The summed E-state index contributed by atoms with van der Waals surface area (Å²) in [6.45, 7) is 0.752. The zero-order valence-corrected chi connectivity index (χ0v) is 15.8. The molecule has 1 aliphatic heterocycles. The Morgan fingerprint density at radius 2 is 1.79 bits per heavy atom. The summed E-state index contributed by atoms with van der Waals surface area (Å²) < 4.78 is 13.2. The first-order valence-corrected chi connectivity index (χ1v) is 9.07. The van der Waals surface area contributed by atoms with Crippen LogP contribution < -0.4 is 10.2 Å². The molecule has 1 heterocycles. The monoisotopic (exact) mass is 422 g/mol. The second-order valence-electron chi connectivity index (χ2n) is 6.57. The number of nitro benzene ring substituents is 2. The third kappa shape index (κ3) is 4.60. The highest BCUT2D eigenvalue weighted by atomic mass is 35.5. The number of rotatable bonds is 5. The third-order valence-corrected chi connectivity index (χ3v) is 5.05. The number of anilines is 2. The summed E-state index contributed by atoms with van der Waals surface area (Å²) in [5, 5.41) is 24.8. The van der Waals surface area contributed by atoms with Gasteiger partial charge in [-0.25, -0.2) is 4.39 Å². The van der Waals surface area contributed by atoms with Crippen LogP contribution in [0.1, 0.15) is 12.8 Å². The van der Waals surface area contributed by atoms with E-state index in [0.29, 0.717) is 31.6 Å². The van der Waals surface area contributed by atoms with Gasteiger partial charge in [0.2, 0.25) is 5.91 Å². The number of non-ortho nitro benzene ring substituents is 1. The molecule has 0 unspecified atom stereocenters. The van der Waals surface area contributed by atoms with Crippen LogP contribution >= 0.6 is 11.6 Å². The second kappa shape index (κ2) is 8.39. The van der Waals surface area contributed by atoms with Crippen LogP contribution in [-0.2, 0) is 4.79 Å². The third-order valence-electron chi connectivity index (χ3n) is 4.76. The number of piperidine rings is 1. The fourth-order valence-electron chi connectivity index (χ4n) is 3.24. The minimum atomic E-state index is -0.685. The van der Waals surface area contributed by atoms with Gasteiger partial charge in [0.1, 0.15) is 11.5 Å². The lowest BCUT2D eigenvalue weighted by Crippen LogP contribution is -2.38. The molecule has 29 heavy (non-hydrogen) atoms. The standard InChI is InChI=1S/C18H16ClFN4O5/c19-14-9-12(1-3-15(14)20)21-18(25)11-5-7-22(8-6-11)16-4-2-13(23(26)27)10-17(16)24(28)29/h1-4,9-11H,5-8H2,(H,21,25). The normalized spacial score (nSPS) is 14.5. The molecule has 1 amide bonds. The molecule has 0 saturated carbocycles. The molecule has 2 aromatic carbocycles. The lowest BCUT2D eigenvalue weighted by Gasteiger charge is -2.32. The predicted octanol–water partition coefficient (Wildman–Crippen LogP) is 4.15. The van der Waals surface area contributed by atoms with Crippen LogP contribution in [0.2, 0.25) is 5.02 Å². The molecule has 0 atom stereocenters. The van der Waals surface area contributed by atoms with Gasteiger partial charge < -0.3 is 10.2 Å². The Balaban J connectivity index is 1.67. The summed E-state index contributed by atoms with van der Waals surface area (Å²) in [6, 6.07) is 7.41. The molecule has 0 spiro atoms. The fourth-order valence-corrected chi connectivity index (χ4v) is 3.42. The number of carbonyl (C=O) groups is 1. The number of amides is 1. The molecule has 0 aromatic heterocycles. The van der Waals surface area contributed by atoms with Crippen LogP contribution in [0.5, 0.6) is 0 Å². The van der Waals surface area contributed by atoms with Crippen molar-refractivity contribution in [3.8, 4) is 0 Å². The van der Waals surface area contributed by atoms with Crippen LogP contribution in [-0.4, -0.2) is 28.8 Å². The van der Waals surface area contributed by atoms with Gasteiger partial charge in [-0.15, -0.1) is 0 Å². The molecule has 0 aliphatic carbocycles. The van der Waals surface area contributed by atoms with Crippen LogP contribution in [0, 0.1) is 32.0 Å². The average molecular weight is 423 g/mol. The van der Waals surface area contributed by atoms with Crippen molar-refractivity contribution in [3.63, 3.8) is 0 Å². The SMILES string of the molecule is O=C(Nc1ccc(F)c(Cl)c1)C1CCN(c2ccc([N+](=O)[O-])cc2[N+](=O)[O-])CC1. The molecule has 1 fully saturated rings. The van der Waals surface area contributed by atoms with E-state index in [9.17, 15) is 29.4 Å². The summed E-state index contributed by atoms with van der Waals surface area (Å²) in [5.41, 5.74) is -0.0321. The van der Waals surface area contributed by atoms with Gasteiger partial charge in [0, 0.05) is 30.8 Å². The van der Waals surface area contributed by atoms with E-state index in [-0.39, 0.29) is 33.9 Å². The number of nitro groups is 2. The number of benzene rings is 2. The van der Waals surface area contributed by atoms with Crippen molar-refractivity contribution < 1.29 is 19.0 Å². The highest BCUT2D eigenvalue weighted by molar-refractivity contribution is 6.31. The minimum absolute atomic E-state index is 0.0944. The molecule has 9 nitrogen and oxygen atoms in total. The van der Waals surface area contributed by atoms with Gasteiger partial charge in [-0.3, -0.25) is 25.0 Å². The van der Waals surface area contributed by atoms with Crippen LogP contribution in [0.25, 0.3) is 0 Å². The van der Waals surface area contributed by atoms with Crippen molar-refractivity contribution in [3.05, 3.63) is 67.5 Å². The zero-order valence-electron chi connectivity index (χ0n) is 15.0. The molecular formula is C18H16ClFN4O5. The predicted molar refractivity (Wildman–Crippen MR) is 105 cm³/mol. The van der Waals surface area contributed by atoms with E-state index in [2.05, 4.69) is 5.32 Å². The number of hydrogen-bond donors (Lipinski definition) is 1. The van der Waals surface area contributed by atoms with Gasteiger partial charge in [0.25, 0.3) is 11.4 Å². The number of hydrogen-bond acceptors (Lipinski definition) is 6. The van der Waals surface area contributed by atoms with E-state index in [0.717, 1.165) is 12.1 Å². The highest BCUT2D eigenvalue weighted by Crippen LogP contribution is 2.34. The average Bonchev–Trinajstić information content (AvgIpc) is 2.70. The van der Waals surface area contributed by atoms with E-state index in [1.165, 1.54) is 24.3 Å². The molecule has 0 radical (unpaired) electrons. The summed E-state index contributed by atoms with van der Waals surface area (Å²) in [4.78, 5) is 35.0. The first-order valence-electron chi connectivity index (χ1n) is 8.70. The largest absolute Gasteiger partial charge is 0.366 e. The number of nitrogens with zero attached hydrogens (tertiary/aromatic N) is 3. The fraction of sp³-hybridized carbons (Fsp3) is 0.278. The van der Waals surface area contributed by atoms with Gasteiger partial charge in [0.05, 0.1) is 20.9 Å². The Kier molecular flexibility index (Phi) is 5.92. The van der Waals surface area contributed by atoms with Crippen molar-refractivity contribution >= 4 is 40.3 Å². The van der Waals surface area contributed by atoms with Crippen molar-refractivity contribution in [2.75, 3.05) is 23.3 Å². The van der Waals surface area contributed by atoms with Gasteiger partial charge >= 0.3 is 0 Å². The summed E-state index contributed by atoms with van der Waals surface area (Å²) in [6.07, 6.45) is 0.879. The van der Waals surface area contributed by atoms with Crippen molar-refractivity contribution in [1.82, 2.24) is 0 Å². The van der Waals surface area contributed by atoms with E-state index < -0.39 is 15.7 Å². The molecule has 11 heteroatoms. The Bertz CT molecular complexity index is 979. The minimum Gasteiger partial charge on any atom is -0.366 e. The maximum Gasteiger partial charge on any atom is 0.299 e. The van der Waals surface area contributed by atoms with Gasteiger partial charge in [-0.1, -0.05) is 11.6 Å². The van der Waals surface area contributed by atoms with Gasteiger partial charge in [0.15, 0.2) is 0 Å². The van der Waals surface area contributed by atoms with E-state index >= 15 is 0 Å². The van der Waals surface area contributed by atoms with E-state index in [1.807, 2.05) is 0 Å². The van der Waals surface area contributed by atoms with Crippen molar-refractivity contribution in [2.24, 2.45) is 5.92 Å². The zero-order chi connectivity index (χ0) is 21.1. The molecule has 0 bridgehead atoms. The number of halogens is 2. The summed E-state index contributed by atoms with van der Waals surface area (Å²) >= 11 is 5.71. The Morgan fingerprint density at radius 1 is 1.10 bits per heavy atom. The molecule has 152 valence electrons. The van der Waals surface area contributed by atoms with E-state index in [4.69, 9.17) is 11.6 Å². The second-order valence-corrected chi connectivity index (χ2v) is 6.97. The van der Waals surface area contributed by atoms with E-state index in [1.54, 1.807) is 4.90 Å². The number of carbonyl (C=O) groups excluding carboxylic acids is 1. The maximum absolute atomic E-state index is 13.2. The first-order chi connectivity index (χ1) is 13.8. The molecular weight excluding hydrogens is 407 g/mol. The smallest absolute Gasteiger partial charge is 0.299 e. The first kappa shape index (κ1) is 20.5. The molecule has 1 saturated heterocycles. The molecule has 1 aliphatic rings. The Labute approximate surface area is 169 Å². The van der Waals surface area contributed by atoms with Crippen molar-refractivity contribution in [2.45, 2.75) is 12.8 Å². The molecule has 1 N–H and O–H groups in total. The Morgan fingerprint density at radius 3 is 2.38 bits per heavy atom. The van der Waals surface area contributed by atoms with Gasteiger partial charge in [-0.2, -0.15) is 0 Å². The lowest BCUT2D eigenvalue weighted by molar-refractivity contribution is -0.393. The van der Waals surface area contributed by atoms with Gasteiger partial charge in [-0.05, 0) is 37.1 Å². The quantitative estimate of drug-likeness (QED) is 0.571. The number of nitrogens with one attached hydrogen (secondary N) is 1.